The zero-order valence-corrected chi connectivity index (χ0v) is 7.85. The molecule has 0 saturated carbocycles. The molecule has 0 bridgehead atoms. The first kappa shape index (κ1) is 10.2. The molecule has 74 valence electrons. The number of nitrogen functional groups attached to an aromatic ring is 1. The Kier molecular flexibility index (Phi) is 2.75. The molecule has 1 aromatic rings. The minimum Gasteiger partial charge on any atom is -0.382 e. The van der Waals surface area contributed by atoms with E-state index in [2.05, 4.69) is 5.10 Å². The highest BCUT2D eigenvalue weighted by molar-refractivity contribution is 6.21. The van der Waals surface area contributed by atoms with Crippen LogP contribution in [0.5, 0.6) is 0 Å². The number of anilines is 1. The third-order valence-corrected chi connectivity index (χ3v) is 1.80. The van der Waals surface area contributed by atoms with Crippen LogP contribution < -0.4 is 5.73 Å². The predicted molar refractivity (Wildman–Crippen MR) is 46.8 cm³/mol. The molecular weight excluding hydrogens is 200 g/mol. The maximum Gasteiger partial charge on any atom is 0.323 e. The lowest BCUT2D eigenvalue weighted by molar-refractivity contribution is 0.0796. The highest BCUT2D eigenvalue weighted by Gasteiger charge is 2.24. The molecule has 0 atom stereocenters. The van der Waals surface area contributed by atoms with Crippen LogP contribution in [0.3, 0.4) is 0 Å². The van der Waals surface area contributed by atoms with Gasteiger partial charge in [-0.05, 0) is 18.5 Å². The summed E-state index contributed by atoms with van der Waals surface area (Å²) in [6.45, 7) is 1.83. The third-order valence-electron chi connectivity index (χ3n) is 1.61. The monoisotopic (exact) mass is 209 g/mol. The summed E-state index contributed by atoms with van der Waals surface area (Å²) in [6.07, 6.45) is 1.16. The number of hydrogen-bond donors (Lipinski definition) is 1. The first-order valence-corrected chi connectivity index (χ1v) is 4.12. The van der Waals surface area contributed by atoms with Gasteiger partial charge < -0.3 is 5.73 Å². The average molecular weight is 210 g/mol. The van der Waals surface area contributed by atoms with Gasteiger partial charge in [-0.25, -0.2) is 0 Å². The second kappa shape index (κ2) is 3.49. The van der Waals surface area contributed by atoms with E-state index in [1.165, 1.54) is 4.68 Å². The number of alkyl halides is 3. The van der Waals surface area contributed by atoms with Gasteiger partial charge in [0, 0.05) is 24.7 Å². The summed E-state index contributed by atoms with van der Waals surface area (Å²) >= 11 is 4.72. The Balaban J connectivity index is 2.56. The van der Waals surface area contributed by atoms with Crippen molar-refractivity contribution in [3.63, 3.8) is 0 Å². The minimum atomic E-state index is -3.17. The van der Waals surface area contributed by atoms with Crippen LogP contribution in [0.2, 0.25) is 0 Å². The van der Waals surface area contributed by atoms with Crippen molar-refractivity contribution < 1.29 is 8.78 Å². The average Bonchev–Trinajstić information content (AvgIpc) is 2.27. The molecule has 1 aromatic heterocycles. The summed E-state index contributed by atoms with van der Waals surface area (Å²) in [5.41, 5.74) is 6.20. The third kappa shape index (κ3) is 3.18. The summed E-state index contributed by atoms with van der Waals surface area (Å²) in [6, 6.07) is 0. The Morgan fingerprint density at radius 3 is 2.69 bits per heavy atom. The fraction of sp³-hybridized carbons (Fsp3) is 0.571. The van der Waals surface area contributed by atoms with E-state index in [1.54, 1.807) is 13.1 Å². The molecule has 6 heteroatoms. The summed E-state index contributed by atoms with van der Waals surface area (Å²) in [5, 5.41) is 0.644. The Labute approximate surface area is 79.5 Å². The molecule has 0 spiro atoms. The molecule has 0 unspecified atom stereocenters. The largest absolute Gasteiger partial charge is 0.382 e. The van der Waals surface area contributed by atoms with Crippen LogP contribution in [0.15, 0.2) is 6.20 Å². The fourth-order valence-electron chi connectivity index (χ4n) is 0.892. The fourth-order valence-corrected chi connectivity index (χ4v) is 0.976. The standard InChI is InChI=1S/C7H10ClF2N3/c1-5-4-13(12-6(5)11)3-2-7(8,9)10/h4H,2-3H2,1H3,(H2,11,12). The molecular formula is C7H10ClF2N3. The molecule has 3 nitrogen and oxygen atoms in total. The van der Waals surface area contributed by atoms with Crippen molar-refractivity contribution in [2.45, 2.75) is 25.3 Å². The van der Waals surface area contributed by atoms with E-state index in [9.17, 15) is 8.78 Å². The second-order valence-corrected chi connectivity index (χ2v) is 3.38. The second-order valence-electron chi connectivity index (χ2n) is 2.83. The summed E-state index contributed by atoms with van der Waals surface area (Å²) in [7, 11) is 0. The van der Waals surface area contributed by atoms with Crippen LogP contribution >= 0.6 is 11.6 Å². The van der Waals surface area contributed by atoms with E-state index in [4.69, 9.17) is 17.3 Å². The lowest BCUT2D eigenvalue weighted by atomic mass is 10.4. The van der Waals surface area contributed by atoms with Crippen molar-refractivity contribution >= 4 is 17.4 Å². The maximum atomic E-state index is 12.2. The molecule has 2 N–H and O–H groups in total. The normalized spacial score (nSPS) is 12.0. The van der Waals surface area contributed by atoms with Crippen molar-refractivity contribution in [3.05, 3.63) is 11.8 Å². The molecule has 0 saturated heterocycles. The van der Waals surface area contributed by atoms with Crippen LogP contribution in [0, 0.1) is 6.92 Å². The highest BCUT2D eigenvalue weighted by Crippen LogP contribution is 2.23. The number of nitrogens with two attached hydrogens (primary N) is 1. The van der Waals surface area contributed by atoms with Gasteiger partial charge in [-0.1, -0.05) is 0 Å². The molecule has 1 rings (SSSR count). The summed E-state index contributed by atoms with van der Waals surface area (Å²) in [4.78, 5) is 0. The first-order valence-electron chi connectivity index (χ1n) is 3.75. The van der Waals surface area contributed by atoms with E-state index in [1.807, 2.05) is 0 Å². The van der Waals surface area contributed by atoms with Crippen molar-refractivity contribution in [3.8, 4) is 0 Å². The Morgan fingerprint density at radius 2 is 2.31 bits per heavy atom. The molecule has 0 aliphatic rings. The lowest BCUT2D eigenvalue weighted by Crippen LogP contribution is -2.11. The molecule has 0 radical (unpaired) electrons. The zero-order valence-electron chi connectivity index (χ0n) is 7.10. The smallest absolute Gasteiger partial charge is 0.323 e. The van der Waals surface area contributed by atoms with Gasteiger partial charge in [-0.2, -0.15) is 13.9 Å². The lowest BCUT2D eigenvalue weighted by Gasteiger charge is -2.06. The van der Waals surface area contributed by atoms with Gasteiger partial charge in [0.25, 0.3) is 0 Å². The number of aromatic nitrogens is 2. The highest BCUT2D eigenvalue weighted by atomic mass is 35.5. The number of rotatable bonds is 3. The van der Waals surface area contributed by atoms with Gasteiger partial charge in [-0.15, -0.1) is 0 Å². The van der Waals surface area contributed by atoms with Crippen LogP contribution in [0.4, 0.5) is 14.6 Å². The summed E-state index contributed by atoms with van der Waals surface area (Å²) < 4.78 is 25.8. The van der Waals surface area contributed by atoms with Crippen LogP contribution in [-0.4, -0.2) is 15.2 Å². The van der Waals surface area contributed by atoms with Gasteiger partial charge in [0.2, 0.25) is 0 Å². The van der Waals surface area contributed by atoms with E-state index in [0.29, 0.717) is 5.82 Å². The Morgan fingerprint density at radius 1 is 1.69 bits per heavy atom. The quantitative estimate of drug-likeness (QED) is 0.774. The van der Waals surface area contributed by atoms with E-state index in [0.717, 1.165) is 5.56 Å². The predicted octanol–water partition coefficient (Wildman–Crippen LogP) is 2.00. The van der Waals surface area contributed by atoms with Gasteiger partial charge in [0.05, 0.1) is 0 Å². The molecule has 0 aliphatic carbocycles. The van der Waals surface area contributed by atoms with E-state index < -0.39 is 11.8 Å². The number of hydrogen-bond acceptors (Lipinski definition) is 2. The van der Waals surface area contributed by atoms with Crippen molar-refractivity contribution in [2.75, 3.05) is 5.73 Å². The molecule has 1 heterocycles. The van der Waals surface area contributed by atoms with Crippen molar-refractivity contribution in [2.24, 2.45) is 0 Å². The van der Waals surface area contributed by atoms with Gasteiger partial charge in [-0.3, -0.25) is 4.68 Å². The molecule has 0 amide bonds. The Bertz CT molecular complexity index is 273. The zero-order chi connectivity index (χ0) is 10.1. The Hall–Kier alpha value is -0.840. The SMILES string of the molecule is Cc1cn(CCC(F)(F)Cl)nc1N. The number of halogens is 3. The van der Waals surface area contributed by atoms with Crippen LogP contribution in [-0.2, 0) is 6.54 Å². The van der Waals surface area contributed by atoms with Gasteiger partial charge in [0.1, 0.15) is 5.82 Å². The molecule has 0 fully saturated rings. The van der Waals surface area contributed by atoms with E-state index >= 15 is 0 Å². The van der Waals surface area contributed by atoms with Crippen molar-refractivity contribution in [1.82, 2.24) is 9.78 Å². The summed E-state index contributed by atoms with van der Waals surface area (Å²) in [5.74, 6) is 0.359. The van der Waals surface area contributed by atoms with Gasteiger partial charge in [0.15, 0.2) is 0 Å². The van der Waals surface area contributed by atoms with Gasteiger partial charge >= 0.3 is 5.38 Å². The molecule has 13 heavy (non-hydrogen) atoms. The van der Waals surface area contributed by atoms with E-state index in [-0.39, 0.29) is 6.54 Å². The topological polar surface area (TPSA) is 43.8 Å². The first-order chi connectivity index (χ1) is 5.88. The minimum absolute atomic E-state index is 0.0640. The maximum absolute atomic E-state index is 12.2. The van der Waals surface area contributed by atoms with Crippen LogP contribution in [0.25, 0.3) is 0 Å². The number of nitrogens with zero attached hydrogens (tertiary/aromatic N) is 2. The molecule has 0 aliphatic heterocycles. The molecule has 0 aromatic carbocycles. The van der Waals surface area contributed by atoms with Crippen molar-refractivity contribution in [1.29, 1.82) is 0 Å². The number of aryl methyl sites for hydroxylation is 2. The van der Waals surface area contributed by atoms with Crippen LogP contribution in [0.1, 0.15) is 12.0 Å².